The maximum Gasteiger partial charge on any atom is 0.0647 e. The van der Waals surface area contributed by atoms with Crippen molar-refractivity contribution in [3.63, 3.8) is 0 Å². The number of halogens is 1. The number of anilines is 1. The third-order valence-corrected chi connectivity index (χ3v) is 3.45. The molecule has 2 N–H and O–H groups in total. The Bertz CT molecular complexity index is 624. The molecule has 0 aliphatic heterocycles. The normalized spacial score (nSPS) is 10.6. The molecule has 2 aromatic carbocycles. The van der Waals surface area contributed by atoms with Crippen LogP contribution in [-0.4, -0.2) is 9.78 Å². The number of benzene rings is 2. The molecule has 0 atom stereocenters. The zero-order chi connectivity index (χ0) is 13.2. The van der Waals surface area contributed by atoms with Gasteiger partial charge in [-0.3, -0.25) is 0 Å². The predicted octanol–water partition coefficient (Wildman–Crippen LogP) is 3.88. The van der Waals surface area contributed by atoms with Gasteiger partial charge in [-0.1, -0.05) is 28.1 Å². The average molecular weight is 314 g/mol. The van der Waals surface area contributed by atoms with Crippen molar-refractivity contribution >= 4 is 21.6 Å². The number of hydrogen-bond acceptors (Lipinski definition) is 2. The summed E-state index contributed by atoms with van der Waals surface area (Å²) >= 11 is 3.43. The summed E-state index contributed by atoms with van der Waals surface area (Å²) < 4.78 is 2.92. The van der Waals surface area contributed by atoms with Crippen LogP contribution in [0.4, 0.5) is 5.69 Å². The van der Waals surface area contributed by atoms with Crippen LogP contribution < -0.4 is 5.73 Å². The van der Waals surface area contributed by atoms with Crippen LogP contribution in [0.25, 0.3) is 16.8 Å². The van der Waals surface area contributed by atoms with E-state index in [1.165, 1.54) is 0 Å². The Balaban J connectivity index is 1.95. The molecule has 3 aromatic rings. The molecule has 1 heterocycles. The van der Waals surface area contributed by atoms with Crippen LogP contribution in [0.2, 0.25) is 0 Å². The minimum Gasteiger partial charge on any atom is -0.399 e. The Labute approximate surface area is 119 Å². The summed E-state index contributed by atoms with van der Waals surface area (Å²) in [5.41, 5.74) is 9.66. The van der Waals surface area contributed by atoms with E-state index in [2.05, 4.69) is 33.2 Å². The lowest BCUT2D eigenvalue weighted by Crippen LogP contribution is -1.94. The van der Waals surface area contributed by atoms with Gasteiger partial charge in [-0.2, -0.15) is 5.10 Å². The Kier molecular flexibility index (Phi) is 3.09. The van der Waals surface area contributed by atoms with Crippen LogP contribution in [0.15, 0.2) is 65.4 Å². The maximum atomic E-state index is 5.68. The van der Waals surface area contributed by atoms with E-state index in [0.29, 0.717) is 0 Å². The van der Waals surface area contributed by atoms with E-state index in [9.17, 15) is 0 Å². The van der Waals surface area contributed by atoms with Crippen LogP contribution in [0, 0.1) is 0 Å². The fourth-order valence-corrected chi connectivity index (χ4v) is 2.15. The van der Waals surface area contributed by atoms with Gasteiger partial charge in [-0.15, -0.1) is 0 Å². The molecular weight excluding hydrogens is 302 g/mol. The number of nitrogen functional groups attached to an aromatic ring is 1. The second kappa shape index (κ2) is 4.90. The molecule has 0 aliphatic carbocycles. The molecule has 94 valence electrons. The summed E-state index contributed by atoms with van der Waals surface area (Å²) in [7, 11) is 0. The fourth-order valence-electron chi connectivity index (χ4n) is 1.88. The third-order valence-electron chi connectivity index (χ3n) is 2.92. The zero-order valence-corrected chi connectivity index (χ0v) is 11.7. The molecule has 0 fully saturated rings. The Morgan fingerprint density at radius 2 is 1.58 bits per heavy atom. The van der Waals surface area contributed by atoms with E-state index in [1.807, 2.05) is 53.5 Å². The van der Waals surface area contributed by atoms with Crippen molar-refractivity contribution in [3.8, 4) is 16.8 Å². The van der Waals surface area contributed by atoms with Crippen molar-refractivity contribution in [2.24, 2.45) is 0 Å². The van der Waals surface area contributed by atoms with Crippen LogP contribution in [-0.2, 0) is 0 Å². The summed E-state index contributed by atoms with van der Waals surface area (Å²) in [6.45, 7) is 0. The molecule has 0 bridgehead atoms. The Morgan fingerprint density at radius 3 is 2.26 bits per heavy atom. The Morgan fingerprint density at radius 1 is 0.895 bits per heavy atom. The second-order valence-electron chi connectivity index (χ2n) is 4.27. The van der Waals surface area contributed by atoms with Crippen LogP contribution in [0.5, 0.6) is 0 Å². The molecule has 3 nitrogen and oxygen atoms in total. The topological polar surface area (TPSA) is 43.8 Å². The first kappa shape index (κ1) is 12.0. The minimum absolute atomic E-state index is 0.754. The van der Waals surface area contributed by atoms with E-state index in [-0.39, 0.29) is 0 Å². The largest absolute Gasteiger partial charge is 0.399 e. The highest BCUT2D eigenvalue weighted by Gasteiger charge is 2.03. The average Bonchev–Trinajstić information content (AvgIpc) is 2.90. The van der Waals surface area contributed by atoms with Crippen molar-refractivity contribution in [2.45, 2.75) is 0 Å². The van der Waals surface area contributed by atoms with E-state index >= 15 is 0 Å². The number of nitrogens with zero attached hydrogens (tertiary/aromatic N) is 2. The number of rotatable bonds is 2. The summed E-state index contributed by atoms with van der Waals surface area (Å²) in [5.74, 6) is 0. The molecule has 1 aromatic heterocycles. The molecule has 0 saturated heterocycles. The summed E-state index contributed by atoms with van der Waals surface area (Å²) in [5, 5.41) is 4.38. The lowest BCUT2D eigenvalue weighted by Gasteiger charge is -2.01. The molecular formula is C15H12BrN3. The van der Waals surface area contributed by atoms with Gasteiger partial charge >= 0.3 is 0 Å². The highest BCUT2D eigenvalue weighted by Crippen LogP contribution is 2.22. The van der Waals surface area contributed by atoms with Crippen molar-refractivity contribution in [3.05, 3.63) is 65.4 Å². The lowest BCUT2D eigenvalue weighted by molar-refractivity contribution is 0.881. The smallest absolute Gasteiger partial charge is 0.0647 e. The first-order chi connectivity index (χ1) is 9.22. The van der Waals surface area contributed by atoms with E-state index in [1.54, 1.807) is 0 Å². The molecule has 0 radical (unpaired) electrons. The van der Waals surface area contributed by atoms with Gasteiger partial charge in [-0.25, -0.2) is 4.68 Å². The lowest BCUT2D eigenvalue weighted by atomic mass is 10.1. The van der Waals surface area contributed by atoms with Crippen molar-refractivity contribution < 1.29 is 0 Å². The Hall–Kier alpha value is -2.07. The highest BCUT2D eigenvalue weighted by atomic mass is 79.9. The first-order valence-corrected chi connectivity index (χ1v) is 6.68. The summed E-state index contributed by atoms with van der Waals surface area (Å²) in [6.07, 6.45) is 3.87. The van der Waals surface area contributed by atoms with Crippen LogP contribution in [0.3, 0.4) is 0 Å². The summed E-state index contributed by atoms with van der Waals surface area (Å²) in [4.78, 5) is 0. The van der Waals surface area contributed by atoms with Gasteiger partial charge in [0.05, 0.1) is 11.9 Å². The molecule has 3 rings (SSSR count). The van der Waals surface area contributed by atoms with Gasteiger partial charge in [0.2, 0.25) is 0 Å². The molecule has 0 aliphatic rings. The quantitative estimate of drug-likeness (QED) is 0.729. The van der Waals surface area contributed by atoms with Crippen molar-refractivity contribution in [2.75, 3.05) is 5.73 Å². The second-order valence-corrected chi connectivity index (χ2v) is 5.19. The summed E-state index contributed by atoms with van der Waals surface area (Å²) in [6, 6.07) is 15.8. The first-order valence-electron chi connectivity index (χ1n) is 5.89. The van der Waals surface area contributed by atoms with Gasteiger partial charge < -0.3 is 5.73 Å². The number of nitrogens with two attached hydrogens (primary N) is 1. The SMILES string of the molecule is Nc1ccc(-n2cc(-c3ccc(Br)cc3)cn2)cc1. The van der Waals surface area contributed by atoms with E-state index in [4.69, 9.17) is 5.73 Å². The minimum atomic E-state index is 0.754. The van der Waals surface area contributed by atoms with Gasteiger partial charge in [-0.05, 0) is 42.0 Å². The zero-order valence-electron chi connectivity index (χ0n) is 10.1. The molecule has 0 saturated carbocycles. The van der Waals surface area contributed by atoms with Crippen molar-refractivity contribution in [1.82, 2.24) is 9.78 Å². The van der Waals surface area contributed by atoms with Gasteiger partial charge in [0, 0.05) is 21.9 Å². The third kappa shape index (κ3) is 2.53. The van der Waals surface area contributed by atoms with E-state index in [0.717, 1.165) is 27.0 Å². The number of aromatic nitrogens is 2. The van der Waals surface area contributed by atoms with Crippen LogP contribution in [0.1, 0.15) is 0 Å². The van der Waals surface area contributed by atoms with Gasteiger partial charge in [0.1, 0.15) is 0 Å². The molecule has 4 heteroatoms. The number of hydrogen-bond donors (Lipinski definition) is 1. The monoisotopic (exact) mass is 313 g/mol. The van der Waals surface area contributed by atoms with Crippen molar-refractivity contribution in [1.29, 1.82) is 0 Å². The highest BCUT2D eigenvalue weighted by molar-refractivity contribution is 9.10. The molecule has 19 heavy (non-hydrogen) atoms. The molecule has 0 unspecified atom stereocenters. The molecule has 0 amide bonds. The van der Waals surface area contributed by atoms with Gasteiger partial charge in [0.15, 0.2) is 0 Å². The molecule has 0 spiro atoms. The standard InChI is InChI=1S/C15H12BrN3/c16-13-3-1-11(2-4-13)12-9-18-19(10-12)15-7-5-14(17)6-8-15/h1-10H,17H2. The predicted molar refractivity (Wildman–Crippen MR) is 81.1 cm³/mol. The fraction of sp³-hybridized carbons (Fsp3) is 0. The van der Waals surface area contributed by atoms with E-state index < -0.39 is 0 Å². The maximum absolute atomic E-state index is 5.68. The van der Waals surface area contributed by atoms with Gasteiger partial charge in [0.25, 0.3) is 0 Å². The van der Waals surface area contributed by atoms with Crippen LogP contribution >= 0.6 is 15.9 Å².